The second kappa shape index (κ2) is 4.47. The lowest BCUT2D eigenvalue weighted by Crippen LogP contribution is -2.06. The van der Waals surface area contributed by atoms with Crippen molar-refractivity contribution in [1.29, 1.82) is 5.26 Å². The van der Waals surface area contributed by atoms with Crippen LogP contribution in [-0.4, -0.2) is 17.6 Å². The molecule has 1 rings (SSSR count). The van der Waals surface area contributed by atoms with E-state index >= 15 is 0 Å². The molecule has 0 radical (unpaired) electrons. The summed E-state index contributed by atoms with van der Waals surface area (Å²) in [6, 6.07) is 3.82. The molecule has 1 heterocycles. The quantitative estimate of drug-likeness (QED) is 0.677. The molecule has 0 aliphatic rings. The van der Waals surface area contributed by atoms with Crippen molar-refractivity contribution < 1.29 is 9.53 Å². The molecule has 0 amide bonds. The van der Waals surface area contributed by atoms with Crippen LogP contribution in [-0.2, 0) is 18.2 Å². The van der Waals surface area contributed by atoms with Crippen LogP contribution in [0.25, 0.3) is 0 Å². The van der Waals surface area contributed by atoms with Crippen molar-refractivity contribution in [3.8, 4) is 6.07 Å². The van der Waals surface area contributed by atoms with Crippen LogP contribution < -0.4 is 0 Å². The fourth-order valence-electron chi connectivity index (χ4n) is 1.28. The molecule has 0 aliphatic heterocycles. The first-order chi connectivity index (χ1) is 6.69. The Morgan fingerprint density at radius 1 is 1.71 bits per heavy atom. The van der Waals surface area contributed by atoms with E-state index in [-0.39, 0.29) is 5.97 Å². The van der Waals surface area contributed by atoms with Crippen LogP contribution >= 0.6 is 0 Å². The molecule has 4 heteroatoms. The number of carbonyl (C=O) groups excluding carboxylic acids is 1. The van der Waals surface area contributed by atoms with Crippen LogP contribution in [0.1, 0.15) is 22.5 Å². The molecule has 0 atom stereocenters. The number of esters is 1. The smallest absolute Gasteiger partial charge is 0.354 e. The Labute approximate surface area is 82.7 Å². The van der Waals surface area contributed by atoms with Gasteiger partial charge in [-0.15, -0.1) is 0 Å². The van der Waals surface area contributed by atoms with Crippen LogP contribution in [0.2, 0.25) is 0 Å². The summed E-state index contributed by atoms with van der Waals surface area (Å²) < 4.78 is 6.32. The summed E-state index contributed by atoms with van der Waals surface area (Å²) in [5, 5.41) is 8.41. The first-order valence-corrected chi connectivity index (χ1v) is 4.29. The van der Waals surface area contributed by atoms with Gasteiger partial charge in [0.25, 0.3) is 0 Å². The van der Waals surface area contributed by atoms with E-state index in [1.165, 1.54) is 7.11 Å². The molecule has 0 saturated heterocycles. The van der Waals surface area contributed by atoms with Crippen molar-refractivity contribution in [2.75, 3.05) is 7.11 Å². The number of nitriles is 1. The molecule has 0 spiro atoms. The number of aromatic nitrogens is 1. The summed E-state index contributed by atoms with van der Waals surface area (Å²) in [4.78, 5) is 11.2. The lowest BCUT2D eigenvalue weighted by Gasteiger charge is -1.98. The van der Waals surface area contributed by atoms with E-state index in [2.05, 4.69) is 10.8 Å². The van der Waals surface area contributed by atoms with Gasteiger partial charge in [-0.3, -0.25) is 0 Å². The fraction of sp³-hybridized carbons (Fsp3) is 0.400. The number of hydrogen-bond acceptors (Lipinski definition) is 3. The Hall–Kier alpha value is -1.76. The van der Waals surface area contributed by atoms with Gasteiger partial charge in [0.05, 0.1) is 13.2 Å². The summed E-state index contributed by atoms with van der Waals surface area (Å²) in [5.41, 5.74) is 1.50. The first kappa shape index (κ1) is 10.3. The lowest BCUT2D eigenvalue weighted by molar-refractivity contribution is 0.0590. The summed E-state index contributed by atoms with van der Waals surface area (Å²) >= 11 is 0. The van der Waals surface area contributed by atoms with E-state index in [0.717, 1.165) is 5.56 Å². The fourth-order valence-corrected chi connectivity index (χ4v) is 1.28. The highest BCUT2D eigenvalue weighted by Gasteiger charge is 2.11. The van der Waals surface area contributed by atoms with Crippen LogP contribution in [0.4, 0.5) is 0 Å². The van der Waals surface area contributed by atoms with Gasteiger partial charge in [0.1, 0.15) is 5.69 Å². The van der Waals surface area contributed by atoms with Gasteiger partial charge < -0.3 is 9.30 Å². The Bertz CT molecular complexity index is 374. The minimum absolute atomic E-state index is 0.351. The number of methoxy groups -OCH3 is 1. The van der Waals surface area contributed by atoms with Crippen LogP contribution in [0.3, 0.4) is 0 Å². The van der Waals surface area contributed by atoms with Crippen LogP contribution in [0.15, 0.2) is 12.3 Å². The average molecular weight is 192 g/mol. The minimum Gasteiger partial charge on any atom is -0.464 e. The molecule has 0 N–H and O–H groups in total. The van der Waals surface area contributed by atoms with Crippen LogP contribution in [0, 0.1) is 11.3 Å². The lowest BCUT2D eigenvalue weighted by atomic mass is 10.2. The van der Waals surface area contributed by atoms with Gasteiger partial charge in [0.15, 0.2) is 0 Å². The molecular formula is C10H12N2O2. The van der Waals surface area contributed by atoms with E-state index < -0.39 is 0 Å². The van der Waals surface area contributed by atoms with Gasteiger partial charge in [-0.1, -0.05) is 0 Å². The Balaban J connectivity index is 2.83. The van der Waals surface area contributed by atoms with Crippen molar-refractivity contribution in [3.05, 3.63) is 23.5 Å². The third-order valence-electron chi connectivity index (χ3n) is 1.98. The standard InChI is InChI=1S/C10H12N2O2/c1-12-7-8(4-3-5-11)6-9(12)10(13)14-2/h6-7H,3-4H2,1-2H3. The number of nitrogens with zero attached hydrogens (tertiary/aromatic N) is 2. The second-order valence-electron chi connectivity index (χ2n) is 2.99. The molecule has 74 valence electrons. The van der Waals surface area contributed by atoms with E-state index in [9.17, 15) is 4.79 Å². The molecular weight excluding hydrogens is 180 g/mol. The van der Waals surface area contributed by atoms with E-state index in [1.54, 1.807) is 17.7 Å². The summed E-state index contributed by atoms with van der Waals surface area (Å²) in [6.07, 6.45) is 2.97. The molecule has 0 fully saturated rings. The molecule has 0 aromatic carbocycles. The van der Waals surface area contributed by atoms with Crippen molar-refractivity contribution in [3.63, 3.8) is 0 Å². The summed E-state index contributed by atoms with van der Waals surface area (Å²) in [5.74, 6) is -0.351. The molecule has 0 saturated carbocycles. The van der Waals surface area contributed by atoms with E-state index in [0.29, 0.717) is 18.5 Å². The molecule has 0 aliphatic carbocycles. The SMILES string of the molecule is COC(=O)c1cc(CCC#N)cn1C. The zero-order valence-corrected chi connectivity index (χ0v) is 8.28. The number of ether oxygens (including phenoxy) is 1. The monoisotopic (exact) mass is 192 g/mol. The Morgan fingerprint density at radius 2 is 2.43 bits per heavy atom. The maximum atomic E-state index is 11.2. The predicted octanol–water partition coefficient (Wildman–Crippen LogP) is 1.27. The van der Waals surface area contributed by atoms with Crippen LogP contribution in [0.5, 0.6) is 0 Å². The second-order valence-corrected chi connectivity index (χ2v) is 2.99. The molecule has 14 heavy (non-hydrogen) atoms. The largest absolute Gasteiger partial charge is 0.464 e. The van der Waals surface area contributed by atoms with Gasteiger partial charge in [-0.05, 0) is 18.1 Å². The van der Waals surface area contributed by atoms with Crippen molar-refractivity contribution in [1.82, 2.24) is 4.57 Å². The zero-order chi connectivity index (χ0) is 10.6. The van der Waals surface area contributed by atoms with E-state index in [1.807, 2.05) is 6.20 Å². The van der Waals surface area contributed by atoms with E-state index in [4.69, 9.17) is 5.26 Å². The number of hydrogen-bond donors (Lipinski definition) is 0. The van der Waals surface area contributed by atoms with Gasteiger partial charge in [-0.2, -0.15) is 5.26 Å². The third kappa shape index (κ3) is 2.13. The summed E-state index contributed by atoms with van der Waals surface area (Å²) in [7, 11) is 3.13. The Morgan fingerprint density at radius 3 is 3.00 bits per heavy atom. The number of aryl methyl sites for hydroxylation is 2. The highest BCUT2D eigenvalue weighted by Crippen LogP contribution is 2.10. The van der Waals surface area contributed by atoms with Gasteiger partial charge in [0, 0.05) is 19.7 Å². The zero-order valence-electron chi connectivity index (χ0n) is 8.28. The predicted molar refractivity (Wildman–Crippen MR) is 50.7 cm³/mol. The maximum absolute atomic E-state index is 11.2. The maximum Gasteiger partial charge on any atom is 0.354 e. The molecule has 0 unspecified atom stereocenters. The van der Waals surface area contributed by atoms with Crippen molar-refractivity contribution in [2.24, 2.45) is 7.05 Å². The molecule has 4 nitrogen and oxygen atoms in total. The average Bonchev–Trinajstić information content (AvgIpc) is 2.55. The highest BCUT2D eigenvalue weighted by atomic mass is 16.5. The highest BCUT2D eigenvalue weighted by molar-refractivity contribution is 5.87. The normalized spacial score (nSPS) is 9.50. The first-order valence-electron chi connectivity index (χ1n) is 4.29. The topological polar surface area (TPSA) is 55.0 Å². The number of carbonyl (C=O) groups is 1. The summed E-state index contributed by atoms with van der Waals surface area (Å²) in [6.45, 7) is 0. The minimum atomic E-state index is -0.351. The molecule has 1 aromatic rings. The van der Waals surface area contributed by atoms with Crippen molar-refractivity contribution >= 4 is 5.97 Å². The number of rotatable bonds is 3. The van der Waals surface area contributed by atoms with Crippen molar-refractivity contribution in [2.45, 2.75) is 12.8 Å². The molecule has 1 aromatic heterocycles. The Kier molecular flexibility index (Phi) is 3.29. The van der Waals surface area contributed by atoms with Gasteiger partial charge in [0.2, 0.25) is 0 Å². The van der Waals surface area contributed by atoms with Gasteiger partial charge in [-0.25, -0.2) is 4.79 Å². The third-order valence-corrected chi connectivity index (χ3v) is 1.98. The van der Waals surface area contributed by atoms with Gasteiger partial charge >= 0.3 is 5.97 Å². The molecule has 0 bridgehead atoms.